The van der Waals surface area contributed by atoms with Crippen molar-refractivity contribution in [3.63, 3.8) is 0 Å². The van der Waals surface area contributed by atoms with Gasteiger partial charge in [-0.05, 0) is 66.8 Å². The number of aromatic nitrogens is 2. The van der Waals surface area contributed by atoms with Gasteiger partial charge in [-0.2, -0.15) is 0 Å². The Balaban J connectivity index is 1.78. The SMILES string of the molecule is Cc1ccccc1-c1nc(C(C)(C)O)cn1-c1ccc(-c2cccc([S+](C)[O-])c2)cc1. The monoisotopic (exact) mass is 430 g/mol. The number of hydrogen-bond acceptors (Lipinski definition) is 3. The molecule has 4 rings (SSSR count). The molecule has 1 heterocycles. The van der Waals surface area contributed by atoms with Crippen molar-refractivity contribution in [1.29, 1.82) is 0 Å². The van der Waals surface area contributed by atoms with Crippen LogP contribution in [0.2, 0.25) is 0 Å². The number of imidazole rings is 1. The van der Waals surface area contributed by atoms with E-state index in [1.54, 1.807) is 20.1 Å². The van der Waals surface area contributed by atoms with E-state index in [4.69, 9.17) is 4.98 Å². The Bertz CT molecular complexity index is 1200. The van der Waals surface area contributed by atoms with Crippen LogP contribution in [0.4, 0.5) is 0 Å². The lowest BCUT2D eigenvalue weighted by Crippen LogP contribution is -2.15. The molecule has 3 aromatic carbocycles. The zero-order chi connectivity index (χ0) is 22.2. The summed E-state index contributed by atoms with van der Waals surface area (Å²) >= 11 is -1.02. The first kappa shape index (κ1) is 21.4. The van der Waals surface area contributed by atoms with E-state index in [1.807, 2.05) is 65.4 Å². The summed E-state index contributed by atoms with van der Waals surface area (Å²) in [6.45, 7) is 5.55. The fourth-order valence-corrected chi connectivity index (χ4v) is 4.12. The minimum atomic E-state index is -1.04. The number of rotatable bonds is 5. The number of aryl methyl sites for hydroxylation is 1. The minimum absolute atomic E-state index is 0.618. The molecular weight excluding hydrogens is 404 g/mol. The molecule has 0 amide bonds. The molecule has 31 heavy (non-hydrogen) atoms. The van der Waals surface area contributed by atoms with Crippen LogP contribution in [0.25, 0.3) is 28.2 Å². The molecule has 0 aliphatic rings. The van der Waals surface area contributed by atoms with Crippen molar-refractivity contribution in [1.82, 2.24) is 9.55 Å². The van der Waals surface area contributed by atoms with Gasteiger partial charge in [-0.25, -0.2) is 4.98 Å². The Morgan fingerprint density at radius 3 is 2.29 bits per heavy atom. The zero-order valence-corrected chi connectivity index (χ0v) is 19.0. The minimum Gasteiger partial charge on any atom is -0.612 e. The van der Waals surface area contributed by atoms with Crippen molar-refractivity contribution < 1.29 is 9.66 Å². The van der Waals surface area contributed by atoms with E-state index in [1.165, 1.54) is 0 Å². The molecule has 4 nitrogen and oxygen atoms in total. The molecule has 0 saturated heterocycles. The van der Waals surface area contributed by atoms with Gasteiger partial charge in [0.15, 0.2) is 4.90 Å². The van der Waals surface area contributed by atoms with E-state index in [-0.39, 0.29) is 0 Å². The molecule has 0 spiro atoms. The molecular formula is C26H26N2O2S. The summed E-state index contributed by atoms with van der Waals surface area (Å²) in [5.41, 5.74) is 4.77. The molecule has 0 radical (unpaired) electrons. The van der Waals surface area contributed by atoms with Crippen molar-refractivity contribution in [3.8, 4) is 28.2 Å². The summed E-state index contributed by atoms with van der Waals surface area (Å²) in [5, 5.41) is 10.6. The highest BCUT2D eigenvalue weighted by Crippen LogP contribution is 2.31. The Kier molecular flexibility index (Phi) is 5.75. The van der Waals surface area contributed by atoms with Gasteiger partial charge in [0, 0.05) is 23.5 Å². The van der Waals surface area contributed by atoms with E-state index in [0.29, 0.717) is 5.69 Å². The molecule has 0 aliphatic heterocycles. The van der Waals surface area contributed by atoms with Gasteiger partial charge < -0.3 is 9.66 Å². The Labute approximate surface area is 186 Å². The maximum Gasteiger partial charge on any atom is 0.153 e. The van der Waals surface area contributed by atoms with Crippen LogP contribution >= 0.6 is 0 Å². The number of aliphatic hydroxyl groups is 1. The second-order valence-corrected chi connectivity index (χ2v) is 9.60. The predicted molar refractivity (Wildman–Crippen MR) is 127 cm³/mol. The summed E-state index contributed by atoms with van der Waals surface area (Å²) < 4.78 is 13.9. The van der Waals surface area contributed by atoms with E-state index in [2.05, 4.69) is 25.1 Å². The van der Waals surface area contributed by atoms with Gasteiger partial charge in [-0.3, -0.25) is 4.57 Å². The lowest BCUT2D eigenvalue weighted by Gasteiger charge is -2.13. The summed E-state index contributed by atoms with van der Waals surface area (Å²) in [7, 11) is 0. The summed E-state index contributed by atoms with van der Waals surface area (Å²) in [5.74, 6) is 0.798. The molecule has 4 aromatic rings. The molecule has 1 unspecified atom stereocenters. The third-order valence-electron chi connectivity index (χ3n) is 5.36. The van der Waals surface area contributed by atoms with E-state index in [0.717, 1.165) is 38.7 Å². The highest BCUT2D eigenvalue weighted by molar-refractivity contribution is 7.90. The van der Waals surface area contributed by atoms with Gasteiger partial charge in [0.1, 0.15) is 17.7 Å². The van der Waals surface area contributed by atoms with Crippen LogP contribution in [0, 0.1) is 6.92 Å². The smallest absolute Gasteiger partial charge is 0.153 e. The fourth-order valence-electron chi connectivity index (χ4n) is 3.55. The molecule has 1 N–H and O–H groups in total. The zero-order valence-electron chi connectivity index (χ0n) is 18.2. The number of hydrogen-bond donors (Lipinski definition) is 1. The second-order valence-electron chi connectivity index (χ2n) is 8.22. The van der Waals surface area contributed by atoms with Gasteiger partial charge in [-0.15, -0.1) is 0 Å². The van der Waals surface area contributed by atoms with Gasteiger partial charge in [-0.1, -0.05) is 48.5 Å². The standard InChI is InChI=1S/C26H26N2O2S/c1-18-8-5-6-11-23(18)25-27-24(26(2,3)29)17-28(25)21-14-12-19(13-15-21)20-9-7-10-22(16-20)31(4)30/h5-17,29H,1-4H3. The van der Waals surface area contributed by atoms with E-state index < -0.39 is 16.8 Å². The fraction of sp³-hybridized carbons (Fsp3) is 0.192. The second kappa shape index (κ2) is 8.35. The maximum atomic E-state index is 11.8. The molecule has 0 saturated carbocycles. The Morgan fingerprint density at radius 2 is 1.65 bits per heavy atom. The topological polar surface area (TPSA) is 61.1 Å². The van der Waals surface area contributed by atoms with E-state index >= 15 is 0 Å². The first-order chi connectivity index (χ1) is 14.7. The maximum absolute atomic E-state index is 11.8. The first-order valence-corrected chi connectivity index (χ1v) is 11.7. The van der Waals surface area contributed by atoms with Crippen LogP contribution in [0.5, 0.6) is 0 Å². The van der Waals surface area contributed by atoms with Gasteiger partial charge in [0.05, 0.1) is 5.69 Å². The average molecular weight is 431 g/mol. The predicted octanol–water partition coefficient (Wildman–Crippen LogP) is 5.48. The Hall–Kier alpha value is -2.86. The summed E-state index contributed by atoms with van der Waals surface area (Å²) in [6.07, 6.45) is 3.59. The van der Waals surface area contributed by atoms with Crippen molar-refractivity contribution in [2.24, 2.45) is 0 Å². The van der Waals surface area contributed by atoms with Crippen LogP contribution in [-0.4, -0.2) is 25.5 Å². The first-order valence-electron chi connectivity index (χ1n) is 10.2. The molecule has 1 aromatic heterocycles. The average Bonchev–Trinajstić information content (AvgIpc) is 3.20. The molecule has 1 atom stereocenters. The molecule has 5 heteroatoms. The lowest BCUT2D eigenvalue weighted by atomic mass is 10.1. The quantitative estimate of drug-likeness (QED) is 0.427. The van der Waals surface area contributed by atoms with Crippen LogP contribution in [0.1, 0.15) is 25.1 Å². The third kappa shape index (κ3) is 4.44. The molecule has 158 valence electrons. The molecule has 0 fully saturated rings. The van der Waals surface area contributed by atoms with Crippen molar-refractivity contribution in [2.45, 2.75) is 31.3 Å². The van der Waals surface area contributed by atoms with Crippen molar-refractivity contribution >= 4 is 11.2 Å². The Morgan fingerprint density at radius 1 is 0.935 bits per heavy atom. The molecule has 0 bridgehead atoms. The van der Waals surface area contributed by atoms with Crippen LogP contribution in [0.15, 0.2) is 83.9 Å². The highest BCUT2D eigenvalue weighted by Gasteiger charge is 2.23. The van der Waals surface area contributed by atoms with Crippen molar-refractivity contribution in [2.75, 3.05) is 6.26 Å². The van der Waals surface area contributed by atoms with Crippen molar-refractivity contribution in [3.05, 3.63) is 90.3 Å². The van der Waals surface area contributed by atoms with Crippen LogP contribution in [0.3, 0.4) is 0 Å². The summed E-state index contributed by atoms with van der Waals surface area (Å²) in [6, 6.07) is 24.1. The van der Waals surface area contributed by atoms with E-state index in [9.17, 15) is 9.66 Å². The number of benzene rings is 3. The largest absolute Gasteiger partial charge is 0.612 e. The molecule has 0 aliphatic carbocycles. The third-order valence-corrected chi connectivity index (χ3v) is 6.28. The van der Waals surface area contributed by atoms with Gasteiger partial charge in [0.2, 0.25) is 0 Å². The normalized spacial score (nSPS) is 12.7. The van der Waals surface area contributed by atoms with Gasteiger partial charge in [0.25, 0.3) is 0 Å². The van der Waals surface area contributed by atoms with Crippen LogP contribution in [-0.2, 0) is 16.8 Å². The number of nitrogens with zero attached hydrogens (tertiary/aromatic N) is 2. The van der Waals surface area contributed by atoms with Crippen LogP contribution < -0.4 is 0 Å². The lowest BCUT2D eigenvalue weighted by molar-refractivity contribution is 0.0743. The highest BCUT2D eigenvalue weighted by atomic mass is 32.2. The summed E-state index contributed by atoms with van der Waals surface area (Å²) in [4.78, 5) is 5.59. The van der Waals surface area contributed by atoms with Gasteiger partial charge >= 0.3 is 0 Å².